The normalized spacial score (nSPS) is 15.1. The molecule has 1 saturated heterocycles. The van der Waals surface area contributed by atoms with Crippen molar-refractivity contribution in [2.24, 2.45) is 0 Å². The van der Waals surface area contributed by atoms with E-state index in [2.05, 4.69) is 10.6 Å². The van der Waals surface area contributed by atoms with Crippen molar-refractivity contribution in [2.75, 3.05) is 30.1 Å². The molecule has 0 aliphatic carbocycles. The Morgan fingerprint density at radius 3 is 2.48 bits per heavy atom. The Morgan fingerprint density at radius 1 is 1.04 bits per heavy atom. The van der Waals surface area contributed by atoms with Crippen LogP contribution in [0.15, 0.2) is 30.3 Å². The lowest BCUT2D eigenvalue weighted by molar-refractivity contribution is 0.174. The van der Waals surface area contributed by atoms with Crippen molar-refractivity contribution >= 4 is 17.4 Å². The van der Waals surface area contributed by atoms with Crippen LogP contribution in [0.1, 0.15) is 18.4 Å². The van der Waals surface area contributed by atoms with Gasteiger partial charge < -0.3 is 25.0 Å². The lowest BCUT2D eigenvalue weighted by atomic mass is 10.2. The Morgan fingerprint density at radius 2 is 1.74 bits per heavy atom. The Balaban J connectivity index is 1.38. The van der Waals surface area contributed by atoms with Gasteiger partial charge in [-0.3, -0.25) is 0 Å². The molecule has 1 fully saturated rings. The van der Waals surface area contributed by atoms with Gasteiger partial charge in [-0.1, -0.05) is 6.07 Å². The summed E-state index contributed by atoms with van der Waals surface area (Å²) in [5, 5.41) is 5.10. The highest BCUT2D eigenvalue weighted by Crippen LogP contribution is 2.32. The molecule has 0 radical (unpaired) electrons. The first kappa shape index (κ1) is 17.4. The number of urea groups is 1. The van der Waals surface area contributed by atoms with E-state index in [1.807, 2.05) is 0 Å². The van der Waals surface area contributed by atoms with Crippen LogP contribution in [0.25, 0.3) is 0 Å². The zero-order valence-corrected chi connectivity index (χ0v) is 14.6. The van der Waals surface area contributed by atoms with Crippen molar-refractivity contribution in [3.63, 3.8) is 0 Å². The number of hydrogen-bond donors (Lipinski definition) is 2. The van der Waals surface area contributed by atoms with Crippen LogP contribution < -0.4 is 25.0 Å². The number of carbonyl (C=O) groups excluding carboxylic acids is 1. The second kappa shape index (κ2) is 7.30. The van der Waals surface area contributed by atoms with Crippen molar-refractivity contribution in [3.05, 3.63) is 47.5 Å². The maximum Gasteiger partial charge on any atom is 0.319 e. The van der Waals surface area contributed by atoms with E-state index in [0.29, 0.717) is 24.6 Å². The van der Waals surface area contributed by atoms with E-state index < -0.39 is 17.7 Å². The maximum absolute atomic E-state index is 14.3. The molecule has 142 valence electrons. The summed E-state index contributed by atoms with van der Waals surface area (Å²) in [6, 6.07) is 7.05. The number of fused-ring (bicyclic) bond motifs is 1. The molecule has 4 rings (SSSR count). The van der Waals surface area contributed by atoms with Gasteiger partial charge in [-0.05, 0) is 42.7 Å². The van der Waals surface area contributed by atoms with E-state index in [1.165, 1.54) is 0 Å². The lowest BCUT2D eigenvalue weighted by Gasteiger charge is -2.20. The fourth-order valence-electron chi connectivity index (χ4n) is 3.29. The summed E-state index contributed by atoms with van der Waals surface area (Å²) < 4.78 is 39.1. The molecule has 2 N–H and O–H groups in total. The first-order valence-electron chi connectivity index (χ1n) is 8.77. The van der Waals surface area contributed by atoms with Gasteiger partial charge >= 0.3 is 6.03 Å². The third-order valence-electron chi connectivity index (χ3n) is 4.59. The van der Waals surface area contributed by atoms with Crippen molar-refractivity contribution in [1.82, 2.24) is 5.32 Å². The minimum atomic E-state index is -0.678. The lowest BCUT2D eigenvalue weighted by Crippen LogP contribution is -2.28. The molecule has 2 aromatic rings. The van der Waals surface area contributed by atoms with Crippen molar-refractivity contribution in [3.8, 4) is 11.5 Å². The highest BCUT2D eigenvalue weighted by Gasteiger charge is 2.21. The summed E-state index contributed by atoms with van der Waals surface area (Å²) in [5.41, 5.74) is 0.853. The molecular formula is C19H19F2N3O3. The Kier molecular flexibility index (Phi) is 4.70. The van der Waals surface area contributed by atoms with Crippen molar-refractivity contribution < 1.29 is 23.0 Å². The summed E-state index contributed by atoms with van der Waals surface area (Å²) >= 11 is 0. The Bertz CT molecular complexity index is 846. The van der Waals surface area contributed by atoms with Crippen LogP contribution in [0, 0.1) is 11.6 Å². The van der Waals surface area contributed by atoms with Gasteiger partial charge in [0.15, 0.2) is 23.1 Å². The fraction of sp³-hybridized carbons (Fsp3) is 0.316. The average molecular weight is 375 g/mol. The Labute approximate surface area is 155 Å². The zero-order valence-electron chi connectivity index (χ0n) is 14.6. The van der Waals surface area contributed by atoms with Gasteiger partial charge in [0.1, 0.15) is 5.69 Å². The van der Waals surface area contributed by atoms with Gasteiger partial charge in [0.05, 0.1) is 0 Å². The standard InChI is InChI=1S/C19H19F2N3O3/c20-14-8-13(9-15(21)18(14)24-5-1-2-6-24)23-19(25)22-10-12-3-4-16-17(7-12)27-11-26-16/h3-4,7-9H,1-2,5-6,10-11H2,(H2,22,23,25). The largest absolute Gasteiger partial charge is 0.454 e. The molecule has 0 bridgehead atoms. The van der Waals surface area contributed by atoms with Gasteiger partial charge in [0, 0.05) is 25.3 Å². The van der Waals surface area contributed by atoms with Crippen LogP contribution in [0.2, 0.25) is 0 Å². The monoisotopic (exact) mass is 375 g/mol. The minimum Gasteiger partial charge on any atom is -0.454 e. The fourth-order valence-corrected chi connectivity index (χ4v) is 3.29. The summed E-state index contributed by atoms with van der Waals surface area (Å²) in [6.45, 7) is 1.68. The predicted molar refractivity (Wildman–Crippen MR) is 96.2 cm³/mol. The van der Waals surface area contributed by atoms with Crippen LogP contribution in [-0.2, 0) is 6.54 Å². The molecule has 0 aromatic heterocycles. The number of nitrogens with one attached hydrogen (secondary N) is 2. The number of amides is 2. The van der Waals surface area contributed by atoms with E-state index in [9.17, 15) is 13.6 Å². The van der Waals surface area contributed by atoms with Gasteiger partial charge in [0.2, 0.25) is 6.79 Å². The van der Waals surface area contributed by atoms with Gasteiger partial charge in [-0.15, -0.1) is 0 Å². The van der Waals surface area contributed by atoms with Gasteiger partial charge in [-0.2, -0.15) is 0 Å². The highest BCUT2D eigenvalue weighted by atomic mass is 19.1. The molecule has 2 heterocycles. The molecule has 6 nitrogen and oxygen atoms in total. The van der Waals surface area contributed by atoms with E-state index in [0.717, 1.165) is 30.5 Å². The van der Waals surface area contributed by atoms with Crippen LogP contribution >= 0.6 is 0 Å². The molecule has 0 atom stereocenters. The topological polar surface area (TPSA) is 62.8 Å². The van der Waals surface area contributed by atoms with E-state index in [4.69, 9.17) is 9.47 Å². The number of benzene rings is 2. The summed E-state index contributed by atoms with van der Waals surface area (Å²) in [6.07, 6.45) is 1.84. The van der Waals surface area contributed by atoms with E-state index >= 15 is 0 Å². The number of halogens is 2. The third kappa shape index (κ3) is 3.74. The van der Waals surface area contributed by atoms with E-state index in [-0.39, 0.29) is 24.7 Å². The molecule has 2 amide bonds. The molecule has 27 heavy (non-hydrogen) atoms. The number of anilines is 2. The molecule has 2 aromatic carbocycles. The molecule has 8 heteroatoms. The molecular weight excluding hydrogens is 356 g/mol. The molecule has 2 aliphatic heterocycles. The van der Waals surface area contributed by atoms with Crippen LogP contribution in [0.5, 0.6) is 11.5 Å². The van der Waals surface area contributed by atoms with Crippen molar-refractivity contribution in [2.45, 2.75) is 19.4 Å². The quantitative estimate of drug-likeness (QED) is 0.857. The highest BCUT2D eigenvalue weighted by molar-refractivity contribution is 5.89. The third-order valence-corrected chi connectivity index (χ3v) is 4.59. The maximum atomic E-state index is 14.3. The number of rotatable bonds is 4. The summed E-state index contributed by atoms with van der Waals surface area (Å²) in [7, 11) is 0. The molecule has 2 aliphatic rings. The SMILES string of the molecule is O=C(NCc1ccc2c(c1)OCO2)Nc1cc(F)c(N2CCCC2)c(F)c1. The first-order valence-corrected chi connectivity index (χ1v) is 8.77. The van der Waals surface area contributed by atoms with Gasteiger partial charge in [-0.25, -0.2) is 13.6 Å². The van der Waals surface area contributed by atoms with Gasteiger partial charge in [0.25, 0.3) is 0 Å². The van der Waals surface area contributed by atoms with Crippen LogP contribution in [-0.4, -0.2) is 25.9 Å². The zero-order chi connectivity index (χ0) is 18.8. The summed E-state index contributed by atoms with van der Waals surface area (Å²) in [5.74, 6) is -0.0745. The van der Waals surface area contributed by atoms with Crippen LogP contribution in [0.4, 0.5) is 25.0 Å². The molecule has 0 unspecified atom stereocenters. The average Bonchev–Trinajstić information content (AvgIpc) is 3.30. The first-order chi connectivity index (χ1) is 13.1. The number of nitrogens with zero attached hydrogens (tertiary/aromatic N) is 1. The second-order valence-corrected chi connectivity index (χ2v) is 6.48. The predicted octanol–water partition coefficient (Wildman–Crippen LogP) is 3.62. The second-order valence-electron chi connectivity index (χ2n) is 6.48. The summed E-state index contributed by atoms with van der Waals surface area (Å²) in [4.78, 5) is 13.7. The smallest absolute Gasteiger partial charge is 0.319 e. The van der Waals surface area contributed by atoms with E-state index in [1.54, 1.807) is 23.1 Å². The number of carbonyl (C=O) groups is 1. The molecule has 0 saturated carbocycles. The minimum absolute atomic E-state index is 0.0289. The Hall–Kier alpha value is -3.03. The number of hydrogen-bond acceptors (Lipinski definition) is 4. The number of ether oxygens (including phenoxy) is 2. The van der Waals surface area contributed by atoms with Crippen molar-refractivity contribution in [1.29, 1.82) is 0 Å². The molecule has 0 spiro atoms. The van der Waals surface area contributed by atoms with Crippen LogP contribution in [0.3, 0.4) is 0 Å².